The van der Waals surface area contributed by atoms with E-state index in [1.807, 2.05) is 0 Å². The van der Waals surface area contributed by atoms with Crippen LogP contribution in [0.15, 0.2) is 10.6 Å². The second-order valence-electron chi connectivity index (χ2n) is 4.53. The number of hydrogen-bond acceptors (Lipinski definition) is 4. The van der Waals surface area contributed by atoms with Crippen molar-refractivity contribution >= 4 is 17.5 Å². The summed E-state index contributed by atoms with van der Waals surface area (Å²) in [7, 11) is 1.56. The maximum Gasteiger partial charge on any atom is 0.273 e. The molecule has 1 N–H and O–H groups in total. The van der Waals surface area contributed by atoms with Crippen LogP contribution in [0.25, 0.3) is 0 Å². The van der Waals surface area contributed by atoms with Crippen molar-refractivity contribution in [3.8, 4) is 0 Å². The lowest BCUT2D eigenvalue weighted by molar-refractivity contribution is 0.0938. The lowest BCUT2D eigenvalue weighted by atomic mass is 10.1. The SMILES string of the molecule is COCc1cc(C(=O)NCC2CCCC2Cl)no1. The fraction of sp³-hybridized carbons (Fsp3) is 0.667. The third-order valence-corrected chi connectivity index (χ3v) is 3.74. The van der Waals surface area contributed by atoms with Crippen LogP contribution in [0.1, 0.15) is 35.5 Å². The predicted molar refractivity (Wildman–Crippen MR) is 66.5 cm³/mol. The van der Waals surface area contributed by atoms with Gasteiger partial charge in [-0.25, -0.2) is 0 Å². The number of amides is 1. The molecule has 18 heavy (non-hydrogen) atoms. The highest BCUT2D eigenvalue weighted by atomic mass is 35.5. The number of methoxy groups -OCH3 is 1. The Kier molecular flexibility index (Phi) is 4.60. The van der Waals surface area contributed by atoms with Gasteiger partial charge < -0.3 is 14.6 Å². The molecule has 0 bridgehead atoms. The molecule has 5 nitrogen and oxygen atoms in total. The number of rotatable bonds is 5. The molecule has 0 aliphatic heterocycles. The summed E-state index contributed by atoms with van der Waals surface area (Å²) in [6.07, 6.45) is 3.24. The van der Waals surface area contributed by atoms with Crippen LogP contribution in [0.5, 0.6) is 0 Å². The van der Waals surface area contributed by atoms with E-state index in [1.54, 1.807) is 13.2 Å². The first-order valence-corrected chi connectivity index (χ1v) is 6.51. The summed E-state index contributed by atoms with van der Waals surface area (Å²) in [6.45, 7) is 0.909. The average molecular weight is 273 g/mol. The van der Waals surface area contributed by atoms with Crippen LogP contribution in [-0.2, 0) is 11.3 Å². The van der Waals surface area contributed by atoms with Gasteiger partial charge in [-0.1, -0.05) is 11.6 Å². The van der Waals surface area contributed by atoms with E-state index in [1.165, 1.54) is 0 Å². The minimum atomic E-state index is -0.225. The van der Waals surface area contributed by atoms with Crippen LogP contribution in [0.4, 0.5) is 0 Å². The van der Waals surface area contributed by atoms with Gasteiger partial charge in [-0.15, -0.1) is 11.6 Å². The van der Waals surface area contributed by atoms with Gasteiger partial charge in [0.05, 0.1) is 0 Å². The highest BCUT2D eigenvalue weighted by Crippen LogP contribution is 2.29. The quantitative estimate of drug-likeness (QED) is 0.832. The molecule has 2 unspecified atom stereocenters. The second-order valence-corrected chi connectivity index (χ2v) is 5.09. The zero-order valence-corrected chi connectivity index (χ0v) is 11.1. The van der Waals surface area contributed by atoms with E-state index in [2.05, 4.69) is 10.5 Å². The minimum absolute atomic E-state index is 0.173. The Morgan fingerprint density at radius 3 is 3.17 bits per heavy atom. The van der Waals surface area contributed by atoms with Crippen molar-refractivity contribution in [3.05, 3.63) is 17.5 Å². The maximum absolute atomic E-state index is 11.8. The average Bonchev–Trinajstić information content (AvgIpc) is 2.96. The topological polar surface area (TPSA) is 64.4 Å². The number of hydrogen-bond donors (Lipinski definition) is 1. The fourth-order valence-corrected chi connectivity index (χ4v) is 2.54. The number of alkyl halides is 1. The van der Waals surface area contributed by atoms with Gasteiger partial charge in [-0.3, -0.25) is 4.79 Å². The molecular weight excluding hydrogens is 256 g/mol. The highest BCUT2D eigenvalue weighted by Gasteiger charge is 2.26. The van der Waals surface area contributed by atoms with E-state index < -0.39 is 0 Å². The van der Waals surface area contributed by atoms with Crippen molar-refractivity contribution in [3.63, 3.8) is 0 Å². The molecular formula is C12H17ClN2O3. The Labute approximate surface area is 111 Å². The smallest absolute Gasteiger partial charge is 0.273 e. The summed E-state index contributed by atoms with van der Waals surface area (Å²) in [5, 5.41) is 6.71. The fourth-order valence-electron chi connectivity index (χ4n) is 2.17. The molecule has 1 fully saturated rings. The van der Waals surface area contributed by atoms with Crippen molar-refractivity contribution < 1.29 is 14.1 Å². The Hall–Kier alpha value is -1.07. The van der Waals surface area contributed by atoms with Crippen molar-refractivity contribution in [2.45, 2.75) is 31.2 Å². The number of ether oxygens (including phenoxy) is 1. The Morgan fingerprint density at radius 1 is 1.67 bits per heavy atom. The van der Waals surface area contributed by atoms with Crippen molar-refractivity contribution in [2.75, 3.05) is 13.7 Å². The molecule has 6 heteroatoms. The first kappa shape index (κ1) is 13.4. The Morgan fingerprint density at radius 2 is 2.50 bits per heavy atom. The van der Waals surface area contributed by atoms with Gasteiger partial charge in [0.2, 0.25) is 0 Å². The van der Waals surface area contributed by atoms with E-state index in [9.17, 15) is 4.79 Å². The largest absolute Gasteiger partial charge is 0.377 e. The third kappa shape index (κ3) is 3.23. The van der Waals surface area contributed by atoms with Gasteiger partial charge in [0.1, 0.15) is 6.61 Å². The van der Waals surface area contributed by atoms with Gasteiger partial charge in [0, 0.05) is 25.1 Å². The molecule has 1 saturated carbocycles. The van der Waals surface area contributed by atoms with Crippen LogP contribution in [0, 0.1) is 5.92 Å². The van der Waals surface area contributed by atoms with Crippen LogP contribution in [0.2, 0.25) is 0 Å². The normalized spacial score (nSPS) is 23.2. The number of carbonyl (C=O) groups is 1. The molecule has 1 amide bonds. The molecule has 0 spiro atoms. The molecule has 2 atom stereocenters. The van der Waals surface area contributed by atoms with Crippen LogP contribution >= 0.6 is 11.6 Å². The Bertz CT molecular complexity index is 408. The standard InChI is InChI=1S/C12H17ClN2O3/c1-17-7-9-5-11(15-18-9)12(16)14-6-8-3-2-4-10(8)13/h5,8,10H,2-4,6-7H2,1H3,(H,14,16). The molecule has 1 heterocycles. The Balaban J connectivity index is 1.83. The molecule has 1 aromatic rings. The zero-order valence-electron chi connectivity index (χ0n) is 10.3. The number of aromatic nitrogens is 1. The number of halogens is 1. The van der Waals surface area contributed by atoms with Gasteiger partial charge in [0.25, 0.3) is 5.91 Å². The predicted octanol–water partition coefficient (Wildman–Crippen LogP) is 1.96. The summed E-state index contributed by atoms with van der Waals surface area (Å²) in [5.41, 5.74) is 0.283. The van der Waals surface area contributed by atoms with E-state index >= 15 is 0 Å². The zero-order chi connectivity index (χ0) is 13.0. The molecule has 100 valence electrons. The van der Waals surface area contributed by atoms with Crippen molar-refractivity contribution in [1.29, 1.82) is 0 Å². The van der Waals surface area contributed by atoms with Crippen molar-refractivity contribution in [1.82, 2.24) is 10.5 Å². The van der Waals surface area contributed by atoms with E-state index in [0.29, 0.717) is 24.8 Å². The molecule has 1 aromatic heterocycles. The van der Waals surface area contributed by atoms with Crippen LogP contribution < -0.4 is 5.32 Å². The van der Waals surface area contributed by atoms with E-state index in [4.69, 9.17) is 20.9 Å². The first-order chi connectivity index (χ1) is 8.70. The van der Waals surface area contributed by atoms with Gasteiger partial charge in [-0.2, -0.15) is 0 Å². The van der Waals surface area contributed by atoms with Gasteiger partial charge in [0.15, 0.2) is 11.5 Å². The summed E-state index contributed by atoms with van der Waals surface area (Å²) < 4.78 is 9.85. The van der Waals surface area contributed by atoms with Gasteiger partial charge in [-0.05, 0) is 18.8 Å². The summed E-state index contributed by atoms with van der Waals surface area (Å²) in [4.78, 5) is 11.8. The molecule has 1 aliphatic rings. The summed E-state index contributed by atoms with van der Waals surface area (Å²) in [5.74, 6) is 0.677. The molecule has 1 aliphatic carbocycles. The van der Waals surface area contributed by atoms with E-state index in [0.717, 1.165) is 19.3 Å². The van der Waals surface area contributed by atoms with Crippen LogP contribution in [-0.4, -0.2) is 30.1 Å². The highest BCUT2D eigenvalue weighted by molar-refractivity contribution is 6.21. The molecule has 0 aromatic carbocycles. The van der Waals surface area contributed by atoms with Crippen LogP contribution in [0.3, 0.4) is 0 Å². The van der Waals surface area contributed by atoms with Crippen molar-refractivity contribution in [2.24, 2.45) is 5.92 Å². The first-order valence-electron chi connectivity index (χ1n) is 6.07. The lowest BCUT2D eigenvalue weighted by Crippen LogP contribution is -2.31. The summed E-state index contributed by atoms with van der Waals surface area (Å²) in [6, 6.07) is 1.59. The van der Waals surface area contributed by atoms with Gasteiger partial charge >= 0.3 is 0 Å². The molecule has 2 rings (SSSR count). The van der Waals surface area contributed by atoms with E-state index in [-0.39, 0.29) is 17.0 Å². The third-order valence-electron chi connectivity index (χ3n) is 3.17. The number of carbonyl (C=O) groups excluding carboxylic acids is 1. The monoisotopic (exact) mass is 272 g/mol. The lowest BCUT2D eigenvalue weighted by Gasteiger charge is -2.13. The molecule has 0 saturated heterocycles. The summed E-state index contributed by atoms with van der Waals surface area (Å²) >= 11 is 6.15. The molecule has 0 radical (unpaired) electrons. The maximum atomic E-state index is 11.8. The number of nitrogens with one attached hydrogen (secondary N) is 1. The second kappa shape index (κ2) is 6.20. The number of nitrogens with zero attached hydrogens (tertiary/aromatic N) is 1. The minimum Gasteiger partial charge on any atom is -0.377 e.